The molecule has 0 aliphatic carbocycles. The Hall–Kier alpha value is -0.450. The zero-order chi connectivity index (χ0) is 12.8. The monoisotopic (exact) mass is 268 g/mol. The van der Waals surface area contributed by atoms with E-state index < -0.39 is 0 Å². The number of aromatic nitrogens is 1. The second kappa shape index (κ2) is 7.22. The van der Waals surface area contributed by atoms with E-state index in [0.29, 0.717) is 6.10 Å². The van der Waals surface area contributed by atoms with Gasteiger partial charge in [-0.25, -0.2) is 4.98 Å². The van der Waals surface area contributed by atoms with E-state index in [-0.39, 0.29) is 0 Å². The van der Waals surface area contributed by atoms with Crippen LogP contribution in [0.5, 0.6) is 0 Å². The third-order valence-electron chi connectivity index (χ3n) is 3.30. The fourth-order valence-electron chi connectivity index (χ4n) is 2.32. The van der Waals surface area contributed by atoms with Gasteiger partial charge in [0.1, 0.15) is 0 Å². The highest BCUT2D eigenvalue weighted by Crippen LogP contribution is 2.24. The summed E-state index contributed by atoms with van der Waals surface area (Å²) in [6.07, 6.45) is 6.04. The third kappa shape index (κ3) is 3.77. The van der Waals surface area contributed by atoms with Gasteiger partial charge in [-0.1, -0.05) is 13.8 Å². The molecular formula is C14H24N2OS. The summed E-state index contributed by atoms with van der Waals surface area (Å²) >= 11 is 1.87. The van der Waals surface area contributed by atoms with Crippen molar-refractivity contribution >= 4 is 11.3 Å². The molecule has 1 N–H and O–H groups in total. The van der Waals surface area contributed by atoms with Gasteiger partial charge in [0.2, 0.25) is 0 Å². The fourth-order valence-corrected chi connectivity index (χ4v) is 3.51. The molecule has 0 saturated carbocycles. The summed E-state index contributed by atoms with van der Waals surface area (Å²) in [4.78, 5) is 6.19. The summed E-state index contributed by atoms with van der Waals surface area (Å²) in [5, 5.41) is 4.73. The van der Waals surface area contributed by atoms with Gasteiger partial charge in [0, 0.05) is 24.4 Å². The van der Waals surface area contributed by atoms with E-state index in [2.05, 4.69) is 19.2 Å². The number of thiazole rings is 1. The Kier molecular flexibility index (Phi) is 5.60. The number of nitrogens with one attached hydrogen (secondary N) is 1. The fraction of sp³-hybridized carbons (Fsp3) is 0.786. The van der Waals surface area contributed by atoms with Crippen LogP contribution in [0.1, 0.15) is 48.7 Å². The molecule has 1 aromatic heterocycles. The molecule has 2 rings (SSSR count). The number of aryl methyl sites for hydroxylation is 1. The van der Waals surface area contributed by atoms with Gasteiger partial charge >= 0.3 is 0 Å². The normalized spacial score (nSPS) is 19.6. The SMILES string of the molecule is CCCNCc1sc(CC2CCCO2)nc1CC. The summed E-state index contributed by atoms with van der Waals surface area (Å²) in [5.41, 5.74) is 1.27. The number of ether oxygens (including phenoxy) is 1. The van der Waals surface area contributed by atoms with Gasteiger partial charge in [0.05, 0.1) is 16.8 Å². The molecule has 3 nitrogen and oxygen atoms in total. The molecule has 0 spiro atoms. The van der Waals surface area contributed by atoms with Crippen LogP contribution in [-0.2, 0) is 24.1 Å². The van der Waals surface area contributed by atoms with Crippen LogP contribution >= 0.6 is 11.3 Å². The third-order valence-corrected chi connectivity index (χ3v) is 4.42. The summed E-state index contributed by atoms with van der Waals surface area (Å²) in [6, 6.07) is 0. The first kappa shape index (κ1) is 14.0. The topological polar surface area (TPSA) is 34.1 Å². The predicted molar refractivity (Wildman–Crippen MR) is 76.2 cm³/mol. The second-order valence-corrected chi connectivity index (χ2v) is 6.02. The average molecular weight is 268 g/mol. The molecule has 4 heteroatoms. The van der Waals surface area contributed by atoms with Crippen LogP contribution in [0.15, 0.2) is 0 Å². The standard InChI is InChI=1S/C14H24N2OS/c1-3-7-15-10-13-12(4-2)16-14(18-13)9-11-6-5-8-17-11/h11,15H,3-10H2,1-2H3. The Bertz CT molecular complexity index is 359. The largest absolute Gasteiger partial charge is 0.378 e. The smallest absolute Gasteiger partial charge is 0.0957 e. The molecule has 1 aliphatic heterocycles. The molecular weight excluding hydrogens is 244 g/mol. The van der Waals surface area contributed by atoms with Crippen LogP contribution in [0.4, 0.5) is 0 Å². The lowest BCUT2D eigenvalue weighted by Gasteiger charge is -2.05. The Morgan fingerprint density at radius 2 is 2.33 bits per heavy atom. The van der Waals surface area contributed by atoms with Crippen LogP contribution in [-0.4, -0.2) is 24.2 Å². The average Bonchev–Trinajstić information content (AvgIpc) is 3.00. The summed E-state index contributed by atoms with van der Waals surface area (Å²) in [6.45, 7) is 7.38. The highest BCUT2D eigenvalue weighted by molar-refractivity contribution is 7.11. The van der Waals surface area contributed by atoms with Crippen LogP contribution in [0.25, 0.3) is 0 Å². The van der Waals surface area contributed by atoms with Crippen molar-refractivity contribution in [1.82, 2.24) is 10.3 Å². The van der Waals surface area contributed by atoms with Gasteiger partial charge in [-0.15, -0.1) is 11.3 Å². The molecule has 0 radical (unpaired) electrons. The molecule has 0 amide bonds. The molecule has 0 bridgehead atoms. The lowest BCUT2D eigenvalue weighted by atomic mass is 10.2. The minimum Gasteiger partial charge on any atom is -0.378 e. The number of rotatable bonds is 7. The number of nitrogens with zero attached hydrogens (tertiary/aromatic N) is 1. The molecule has 18 heavy (non-hydrogen) atoms. The van der Waals surface area contributed by atoms with Gasteiger partial charge in [-0.2, -0.15) is 0 Å². The molecule has 1 unspecified atom stereocenters. The predicted octanol–water partition coefficient (Wildman–Crippen LogP) is 2.93. The van der Waals surface area contributed by atoms with E-state index in [4.69, 9.17) is 9.72 Å². The van der Waals surface area contributed by atoms with Gasteiger partial charge in [0.15, 0.2) is 0 Å². The van der Waals surface area contributed by atoms with Crippen molar-refractivity contribution in [2.45, 2.75) is 58.6 Å². The van der Waals surface area contributed by atoms with E-state index in [0.717, 1.165) is 32.5 Å². The van der Waals surface area contributed by atoms with Crippen molar-refractivity contribution < 1.29 is 4.74 Å². The first-order valence-electron chi connectivity index (χ1n) is 7.13. The lowest BCUT2D eigenvalue weighted by Crippen LogP contribution is -2.13. The molecule has 1 atom stereocenters. The Morgan fingerprint density at radius 3 is 3.00 bits per heavy atom. The molecule has 0 aromatic carbocycles. The van der Waals surface area contributed by atoms with Crippen molar-refractivity contribution in [2.24, 2.45) is 0 Å². The van der Waals surface area contributed by atoms with Crippen molar-refractivity contribution in [2.75, 3.05) is 13.2 Å². The molecule has 1 aromatic rings. The molecule has 2 heterocycles. The van der Waals surface area contributed by atoms with Crippen LogP contribution < -0.4 is 5.32 Å². The van der Waals surface area contributed by atoms with E-state index in [1.807, 2.05) is 11.3 Å². The quantitative estimate of drug-likeness (QED) is 0.772. The van der Waals surface area contributed by atoms with Crippen molar-refractivity contribution in [3.63, 3.8) is 0 Å². The van der Waals surface area contributed by atoms with Gasteiger partial charge < -0.3 is 10.1 Å². The van der Waals surface area contributed by atoms with Crippen molar-refractivity contribution in [3.8, 4) is 0 Å². The molecule has 102 valence electrons. The highest BCUT2D eigenvalue weighted by atomic mass is 32.1. The lowest BCUT2D eigenvalue weighted by molar-refractivity contribution is 0.111. The van der Waals surface area contributed by atoms with Crippen LogP contribution in [0.3, 0.4) is 0 Å². The van der Waals surface area contributed by atoms with Crippen LogP contribution in [0, 0.1) is 0 Å². The molecule has 1 aliphatic rings. The maximum atomic E-state index is 5.69. The van der Waals surface area contributed by atoms with E-state index >= 15 is 0 Å². The van der Waals surface area contributed by atoms with Gasteiger partial charge in [0.25, 0.3) is 0 Å². The Balaban J connectivity index is 1.94. The van der Waals surface area contributed by atoms with Gasteiger partial charge in [-0.3, -0.25) is 0 Å². The summed E-state index contributed by atoms with van der Waals surface area (Å²) in [7, 11) is 0. The highest BCUT2D eigenvalue weighted by Gasteiger charge is 2.19. The number of hydrogen-bond acceptors (Lipinski definition) is 4. The summed E-state index contributed by atoms with van der Waals surface area (Å²) < 4.78 is 5.69. The maximum absolute atomic E-state index is 5.69. The zero-order valence-electron chi connectivity index (χ0n) is 11.5. The van der Waals surface area contributed by atoms with E-state index in [1.54, 1.807) is 0 Å². The molecule has 1 fully saturated rings. The second-order valence-electron chi connectivity index (χ2n) is 4.85. The van der Waals surface area contributed by atoms with E-state index in [9.17, 15) is 0 Å². The zero-order valence-corrected chi connectivity index (χ0v) is 12.3. The first-order chi connectivity index (χ1) is 8.83. The first-order valence-corrected chi connectivity index (χ1v) is 7.94. The van der Waals surface area contributed by atoms with Gasteiger partial charge in [-0.05, 0) is 32.2 Å². The number of hydrogen-bond donors (Lipinski definition) is 1. The van der Waals surface area contributed by atoms with E-state index in [1.165, 1.54) is 34.8 Å². The van der Waals surface area contributed by atoms with Crippen molar-refractivity contribution in [3.05, 3.63) is 15.6 Å². The minimum absolute atomic E-state index is 0.414. The Labute approximate surface area is 114 Å². The maximum Gasteiger partial charge on any atom is 0.0957 e. The minimum atomic E-state index is 0.414. The van der Waals surface area contributed by atoms with Crippen LogP contribution in [0.2, 0.25) is 0 Å². The molecule has 1 saturated heterocycles. The summed E-state index contributed by atoms with van der Waals surface area (Å²) in [5.74, 6) is 0. The van der Waals surface area contributed by atoms with Crippen molar-refractivity contribution in [1.29, 1.82) is 0 Å². The Morgan fingerprint density at radius 1 is 1.44 bits per heavy atom.